The monoisotopic (exact) mass is 214 g/mol. The summed E-state index contributed by atoms with van der Waals surface area (Å²) < 4.78 is 0. The van der Waals surface area contributed by atoms with Gasteiger partial charge in [0.15, 0.2) is 0 Å². The third kappa shape index (κ3) is 4.09. The Balaban J connectivity index is 2.46. The van der Waals surface area contributed by atoms with Crippen molar-refractivity contribution in [2.75, 3.05) is 26.2 Å². The van der Waals surface area contributed by atoms with E-state index < -0.39 is 5.60 Å². The molecule has 2 atom stereocenters. The van der Waals surface area contributed by atoms with Crippen LogP contribution in [0, 0.1) is 0 Å². The number of rotatable bonds is 5. The molecular weight excluding hydrogens is 188 g/mol. The summed E-state index contributed by atoms with van der Waals surface area (Å²) in [5.74, 6) is 0. The molecule has 1 aliphatic heterocycles. The number of piperidine rings is 1. The predicted octanol–water partition coefficient (Wildman–Crippen LogP) is 1.22. The Kier molecular flexibility index (Phi) is 5.03. The van der Waals surface area contributed by atoms with E-state index in [1.165, 1.54) is 12.8 Å². The van der Waals surface area contributed by atoms with Crippen LogP contribution < -0.4 is 5.32 Å². The summed E-state index contributed by atoms with van der Waals surface area (Å²) in [6.45, 7) is 10.2. The molecule has 0 aliphatic carbocycles. The van der Waals surface area contributed by atoms with E-state index in [1.54, 1.807) is 0 Å². The lowest BCUT2D eigenvalue weighted by Gasteiger charge is -2.38. The zero-order valence-corrected chi connectivity index (χ0v) is 10.4. The normalized spacial score (nSPS) is 26.6. The van der Waals surface area contributed by atoms with Crippen LogP contribution in [0.4, 0.5) is 0 Å². The van der Waals surface area contributed by atoms with Gasteiger partial charge in [-0.15, -0.1) is 0 Å². The predicted molar refractivity (Wildman–Crippen MR) is 64.1 cm³/mol. The third-order valence-corrected chi connectivity index (χ3v) is 3.50. The first-order valence-corrected chi connectivity index (χ1v) is 6.26. The van der Waals surface area contributed by atoms with Gasteiger partial charge in [-0.3, -0.25) is 4.90 Å². The van der Waals surface area contributed by atoms with E-state index in [0.717, 1.165) is 32.6 Å². The summed E-state index contributed by atoms with van der Waals surface area (Å²) in [5.41, 5.74) is -0.534. The maximum Gasteiger partial charge on any atom is 0.0743 e. The van der Waals surface area contributed by atoms with Crippen molar-refractivity contribution in [1.29, 1.82) is 0 Å². The number of likely N-dealkylation sites (N-methyl/N-ethyl adjacent to an activating group) is 1. The molecule has 90 valence electrons. The van der Waals surface area contributed by atoms with Crippen molar-refractivity contribution in [2.45, 2.75) is 51.7 Å². The Labute approximate surface area is 93.9 Å². The molecule has 2 N–H and O–H groups in total. The summed E-state index contributed by atoms with van der Waals surface area (Å²) in [7, 11) is 0. The molecule has 0 bridgehead atoms. The van der Waals surface area contributed by atoms with E-state index in [-0.39, 0.29) is 0 Å². The Hall–Kier alpha value is -0.120. The van der Waals surface area contributed by atoms with E-state index in [4.69, 9.17) is 0 Å². The third-order valence-electron chi connectivity index (χ3n) is 3.50. The average Bonchev–Trinajstić information content (AvgIpc) is 2.27. The lowest BCUT2D eigenvalue weighted by molar-refractivity contribution is 0.00126. The van der Waals surface area contributed by atoms with Crippen molar-refractivity contribution in [3.63, 3.8) is 0 Å². The van der Waals surface area contributed by atoms with Crippen molar-refractivity contribution < 1.29 is 5.11 Å². The highest BCUT2D eigenvalue weighted by atomic mass is 16.3. The van der Waals surface area contributed by atoms with Gasteiger partial charge in [0.05, 0.1) is 5.60 Å². The molecule has 1 rings (SSSR count). The number of hydrogen-bond acceptors (Lipinski definition) is 3. The van der Waals surface area contributed by atoms with Crippen molar-refractivity contribution >= 4 is 0 Å². The largest absolute Gasteiger partial charge is 0.389 e. The minimum atomic E-state index is -0.534. The maximum absolute atomic E-state index is 10.1. The van der Waals surface area contributed by atoms with Crippen molar-refractivity contribution in [1.82, 2.24) is 10.2 Å². The van der Waals surface area contributed by atoms with E-state index in [0.29, 0.717) is 6.04 Å². The quantitative estimate of drug-likeness (QED) is 0.722. The topological polar surface area (TPSA) is 35.5 Å². The van der Waals surface area contributed by atoms with E-state index in [9.17, 15) is 5.11 Å². The van der Waals surface area contributed by atoms with E-state index in [1.807, 2.05) is 13.8 Å². The molecule has 1 saturated heterocycles. The first-order valence-electron chi connectivity index (χ1n) is 6.26. The fraction of sp³-hybridized carbons (Fsp3) is 1.00. The molecule has 1 fully saturated rings. The minimum absolute atomic E-state index is 0.534. The van der Waals surface area contributed by atoms with Crippen molar-refractivity contribution in [3.8, 4) is 0 Å². The van der Waals surface area contributed by atoms with Gasteiger partial charge in [-0.2, -0.15) is 0 Å². The first kappa shape index (κ1) is 12.9. The molecule has 0 aromatic rings. The van der Waals surface area contributed by atoms with Crippen LogP contribution in [0.2, 0.25) is 0 Å². The molecular formula is C12H26N2O. The Morgan fingerprint density at radius 2 is 2.20 bits per heavy atom. The summed E-state index contributed by atoms with van der Waals surface area (Å²) >= 11 is 0. The summed E-state index contributed by atoms with van der Waals surface area (Å²) in [5, 5.41) is 13.5. The number of aliphatic hydroxyl groups is 1. The molecule has 0 spiro atoms. The molecule has 0 aromatic heterocycles. The lowest BCUT2D eigenvalue weighted by Crippen LogP contribution is -2.51. The molecule has 15 heavy (non-hydrogen) atoms. The van der Waals surface area contributed by atoms with Crippen LogP contribution in [0.1, 0.15) is 40.0 Å². The SMILES string of the molecule is CCN(CC(C)(O)CC)C1CCCNC1. The van der Waals surface area contributed by atoms with Crippen molar-refractivity contribution in [3.05, 3.63) is 0 Å². The second-order valence-electron chi connectivity index (χ2n) is 4.91. The molecule has 1 heterocycles. The smallest absolute Gasteiger partial charge is 0.0743 e. The average molecular weight is 214 g/mol. The van der Waals surface area contributed by atoms with Gasteiger partial charge in [0.25, 0.3) is 0 Å². The summed E-state index contributed by atoms with van der Waals surface area (Å²) in [6, 6.07) is 0.613. The zero-order chi connectivity index (χ0) is 11.3. The molecule has 3 heteroatoms. The van der Waals surface area contributed by atoms with Crippen molar-refractivity contribution in [2.24, 2.45) is 0 Å². The van der Waals surface area contributed by atoms with Crippen LogP contribution in [0.25, 0.3) is 0 Å². The standard InChI is InChI=1S/C12H26N2O/c1-4-12(3,15)10-14(5-2)11-7-6-8-13-9-11/h11,13,15H,4-10H2,1-3H3. The van der Waals surface area contributed by atoms with Crippen LogP contribution in [0.3, 0.4) is 0 Å². The van der Waals surface area contributed by atoms with Crippen LogP contribution in [0.5, 0.6) is 0 Å². The molecule has 0 saturated carbocycles. The molecule has 3 nitrogen and oxygen atoms in total. The van der Waals surface area contributed by atoms with Gasteiger partial charge in [-0.05, 0) is 39.3 Å². The van der Waals surface area contributed by atoms with Crippen LogP contribution in [-0.4, -0.2) is 47.8 Å². The molecule has 0 aromatic carbocycles. The van der Waals surface area contributed by atoms with Gasteiger partial charge in [-0.25, -0.2) is 0 Å². The molecule has 0 amide bonds. The van der Waals surface area contributed by atoms with Gasteiger partial charge in [-0.1, -0.05) is 13.8 Å². The highest BCUT2D eigenvalue weighted by Gasteiger charge is 2.26. The van der Waals surface area contributed by atoms with Gasteiger partial charge in [0.2, 0.25) is 0 Å². The second-order valence-corrected chi connectivity index (χ2v) is 4.91. The highest BCUT2D eigenvalue weighted by Crippen LogP contribution is 2.16. The fourth-order valence-corrected chi connectivity index (χ4v) is 2.19. The number of nitrogens with one attached hydrogen (secondary N) is 1. The second kappa shape index (κ2) is 5.83. The molecule has 2 unspecified atom stereocenters. The maximum atomic E-state index is 10.1. The summed E-state index contributed by atoms with van der Waals surface area (Å²) in [4.78, 5) is 2.41. The van der Waals surface area contributed by atoms with E-state index in [2.05, 4.69) is 17.1 Å². The first-order chi connectivity index (χ1) is 7.09. The fourth-order valence-electron chi connectivity index (χ4n) is 2.19. The lowest BCUT2D eigenvalue weighted by atomic mass is 9.99. The molecule has 1 aliphatic rings. The van der Waals surface area contributed by atoms with Gasteiger partial charge in [0.1, 0.15) is 0 Å². The molecule has 0 radical (unpaired) electrons. The highest BCUT2D eigenvalue weighted by molar-refractivity contribution is 4.83. The Bertz CT molecular complexity index is 176. The summed E-state index contributed by atoms with van der Waals surface area (Å²) in [6.07, 6.45) is 3.35. The van der Waals surface area contributed by atoms with Crippen LogP contribution in [0.15, 0.2) is 0 Å². The number of nitrogens with zero attached hydrogens (tertiary/aromatic N) is 1. The zero-order valence-electron chi connectivity index (χ0n) is 10.4. The van der Waals surface area contributed by atoms with E-state index >= 15 is 0 Å². The van der Waals surface area contributed by atoms with Gasteiger partial charge < -0.3 is 10.4 Å². The van der Waals surface area contributed by atoms with Crippen LogP contribution in [-0.2, 0) is 0 Å². The minimum Gasteiger partial charge on any atom is -0.389 e. The van der Waals surface area contributed by atoms with Gasteiger partial charge >= 0.3 is 0 Å². The Morgan fingerprint density at radius 3 is 2.67 bits per heavy atom. The Morgan fingerprint density at radius 1 is 1.47 bits per heavy atom. The van der Waals surface area contributed by atoms with Gasteiger partial charge in [0, 0.05) is 19.1 Å². The number of hydrogen-bond donors (Lipinski definition) is 2. The van der Waals surface area contributed by atoms with Crippen LogP contribution >= 0.6 is 0 Å².